The molecule has 0 unspecified atom stereocenters. The highest BCUT2D eigenvalue weighted by atomic mass is 32.2. The van der Waals surface area contributed by atoms with Crippen molar-refractivity contribution in [2.75, 3.05) is 5.75 Å². The minimum Gasteiger partial charge on any atom is -0.469 e. The molecule has 0 N–H and O–H groups in total. The second kappa shape index (κ2) is 7.55. The Morgan fingerprint density at radius 3 is 2.71 bits per heavy atom. The van der Waals surface area contributed by atoms with Gasteiger partial charge in [0.25, 0.3) is 11.1 Å². The third kappa shape index (κ3) is 3.55. The first-order valence-electron chi connectivity index (χ1n) is 8.76. The Bertz CT molecular complexity index is 1100. The molecule has 0 fully saturated rings. The third-order valence-corrected chi connectivity index (χ3v) is 5.41. The molecule has 7 nitrogen and oxygen atoms in total. The number of furan rings is 2. The van der Waals surface area contributed by atoms with Crippen LogP contribution in [0.5, 0.6) is 0 Å². The van der Waals surface area contributed by atoms with E-state index in [2.05, 4.69) is 14.8 Å². The molecule has 0 saturated heterocycles. The Hall–Kier alpha value is -3.00. The molecule has 0 atom stereocenters. The topological polar surface area (TPSA) is 87.2 Å². The van der Waals surface area contributed by atoms with Gasteiger partial charge in [0.1, 0.15) is 11.5 Å². The van der Waals surface area contributed by atoms with Gasteiger partial charge in [-0.1, -0.05) is 11.8 Å². The lowest BCUT2D eigenvalue weighted by atomic mass is 10.2. The van der Waals surface area contributed by atoms with Gasteiger partial charge in [-0.05, 0) is 45.0 Å². The summed E-state index contributed by atoms with van der Waals surface area (Å²) in [6.07, 6.45) is 3.22. The molecule has 0 aromatic carbocycles. The molecule has 4 rings (SSSR count). The van der Waals surface area contributed by atoms with Crippen molar-refractivity contribution < 1.29 is 18.0 Å². The van der Waals surface area contributed by atoms with Gasteiger partial charge < -0.3 is 17.8 Å². The van der Waals surface area contributed by atoms with Crippen LogP contribution in [0.4, 0.5) is 0 Å². The smallest absolute Gasteiger partial charge is 0.277 e. The number of ketones is 1. The van der Waals surface area contributed by atoms with Crippen molar-refractivity contribution >= 4 is 17.5 Å². The molecule has 4 aromatic rings. The van der Waals surface area contributed by atoms with E-state index in [1.54, 1.807) is 18.6 Å². The standard InChI is InChI=1S/C20H19N3O4S/c1-12-9-17(13(2)23(12)10-15-5-4-7-26-15)18(24)11-28-20-22-21-19(27-20)16-6-8-25-14(16)3/h4-9H,10-11H2,1-3H3. The minimum absolute atomic E-state index is 0.0167. The van der Waals surface area contributed by atoms with Crippen LogP contribution in [-0.4, -0.2) is 26.3 Å². The SMILES string of the molecule is Cc1occc1-c1nnc(SCC(=O)c2cc(C)n(Cc3ccco3)c2C)o1. The van der Waals surface area contributed by atoms with Gasteiger partial charge >= 0.3 is 0 Å². The lowest BCUT2D eigenvalue weighted by molar-refractivity contribution is 0.102. The maximum atomic E-state index is 12.7. The molecule has 28 heavy (non-hydrogen) atoms. The Labute approximate surface area is 165 Å². The van der Waals surface area contributed by atoms with Crippen LogP contribution >= 0.6 is 11.8 Å². The monoisotopic (exact) mass is 397 g/mol. The zero-order valence-electron chi connectivity index (χ0n) is 15.8. The Morgan fingerprint density at radius 2 is 2.00 bits per heavy atom. The van der Waals surface area contributed by atoms with E-state index in [0.29, 0.717) is 29.0 Å². The number of hydrogen-bond donors (Lipinski definition) is 0. The van der Waals surface area contributed by atoms with Gasteiger partial charge in [0.05, 0.1) is 30.4 Å². The highest BCUT2D eigenvalue weighted by Gasteiger charge is 2.19. The van der Waals surface area contributed by atoms with E-state index in [4.69, 9.17) is 13.3 Å². The van der Waals surface area contributed by atoms with Gasteiger partial charge in [0.15, 0.2) is 5.78 Å². The molecule has 0 saturated carbocycles. The van der Waals surface area contributed by atoms with Crippen LogP contribution in [0.1, 0.15) is 33.3 Å². The number of carbonyl (C=O) groups is 1. The summed E-state index contributed by atoms with van der Waals surface area (Å²) in [4.78, 5) is 12.7. The van der Waals surface area contributed by atoms with E-state index in [-0.39, 0.29) is 11.5 Å². The average molecular weight is 397 g/mol. The first-order valence-corrected chi connectivity index (χ1v) is 9.74. The van der Waals surface area contributed by atoms with E-state index in [9.17, 15) is 4.79 Å². The zero-order chi connectivity index (χ0) is 19.7. The van der Waals surface area contributed by atoms with Gasteiger partial charge in [-0.25, -0.2) is 0 Å². The molecule has 0 amide bonds. The predicted octanol–water partition coefficient (Wildman–Crippen LogP) is 4.67. The maximum absolute atomic E-state index is 12.7. The molecule has 0 aliphatic rings. The fourth-order valence-corrected chi connectivity index (χ4v) is 3.72. The summed E-state index contributed by atoms with van der Waals surface area (Å²) < 4.78 is 18.4. The van der Waals surface area contributed by atoms with Crippen molar-refractivity contribution in [2.45, 2.75) is 32.5 Å². The summed E-state index contributed by atoms with van der Waals surface area (Å²) in [5.41, 5.74) is 3.38. The molecule has 4 heterocycles. The molecule has 0 spiro atoms. The Morgan fingerprint density at radius 1 is 1.14 bits per heavy atom. The van der Waals surface area contributed by atoms with Crippen molar-refractivity contribution in [3.05, 3.63) is 65.3 Å². The first-order chi connectivity index (χ1) is 13.5. The molecule has 4 aromatic heterocycles. The predicted molar refractivity (Wildman–Crippen MR) is 104 cm³/mol. The minimum atomic E-state index is 0.0167. The van der Waals surface area contributed by atoms with Crippen molar-refractivity contribution in [3.63, 3.8) is 0 Å². The second-order valence-electron chi connectivity index (χ2n) is 6.43. The highest BCUT2D eigenvalue weighted by Crippen LogP contribution is 2.27. The van der Waals surface area contributed by atoms with Crippen LogP contribution in [-0.2, 0) is 6.54 Å². The van der Waals surface area contributed by atoms with Gasteiger partial charge in [-0.3, -0.25) is 4.79 Å². The summed E-state index contributed by atoms with van der Waals surface area (Å²) in [6, 6.07) is 7.46. The van der Waals surface area contributed by atoms with E-state index in [1.165, 1.54) is 11.8 Å². The molecular formula is C20H19N3O4S. The van der Waals surface area contributed by atoms with E-state index in [1.807, 2.05) is 39.0 Å². The van der Waals surface area contributed by atoms with E-state index in [0.717, 1.165) is 22.7 Å². The number of hydrogen-bond acceptors (Lipinski definition) is 7. The number of aromatic nitrogens is 3. The molecule has 0 radical (unpaired) electrons. The first kappa shape index (κ1) is 18.4. The lowest BCUT2D eigenvalue weighted by Crippen LogP contribution is -2.07. The van der Waals surface area contributed by atoms with Gasteiger partial charge in [-0.2, -0.15) is 0 Å². The number of Topliss-reactive ketones (excluding diaryl/α,β-unsaturated/α-hetero) is 1. The molecular weight excluding hydrogens is 378 g/mol. The lowest BCUT2D eigenvalue weighted by Gasteiger charge is -2.07. The Balaban J connectivity index is 1.44. The van der Waals surface area contributed by atoms with Crippen LogP contribution in [0.15, 0.2) is 55.3 Å². The number of rotatable bonds is 7. The van der Waals surface area contributed by atoms with Gasteiger partial charge in [0, 0.05) is 17.0 Å². The molecule has 144 valence electrons. The summed E-state index contributed by atoms with van der Waals surface area (Å²) in [5, 5.41) is 8.39. The van der Waals surface area contributed by atoms with Crippen LogP contribution in [0, 0.1) is 20.8 Å². The van der Waals surface area contributed by atoms with Crippen molar-refractivity contribution in [1.82, 2.24) is 14.8 Å². The largest absolute Gasteiger partial charge is 0.469 e. The van der Waals surface area contributed by atoms with Crippen molar-refractivity contribution in [1.29, 1.82) is 0 Å². The van der Waals surface area contributed by atoms with Gasteiger partial charge in [0.2, 0.25) is 0 Å². The normalized spacial score (nSPS) is 11.2. The summed E-state index contributed by atoms with van der Waals surface area (Å²) in [7, 11) is 0. The third-order valence-electron chi connectivity index (χ3n) is 4.59. The van der Waals surface area contributed by atoms with Crippen molar-refractivity contribution in [2.24, 2.45) is 0 Å². The summed E-state index contributed by atoms with van der Waals surface area (Å²) >= 11 is 1.23. The average Bonchev–Trinajstić information content (AvgIpc) is 3.45. The van der Waals surface area contributed by atoms with Crippen LogP contribution < -0.4 is 0 Å². The zero-order valence-corrected chi connectivity index (χ0v) is 16.6. The quantitative estimate of drug-likeness (QED) is 0.331. The fourth-order valence-electron chi connectivity index (χ4n) is 3.07. The maximum Gasteiger partial charge on any atom is 0.277 e. The summed E-state index contributed by atoms with van der Waals surface area (Å²) in [6.45, 7) is 6.36. The fraction of sp³-hybridized carbons (Fsp3) is 0.250. The number of nitrogens with zero attached hydrogens (tertiary/aromatic N) is 3. The Kier molecular flexibility index (Phi) is 4.95. The second-order valence-corrected chi connectivity index (χ2v) is 7.35. The van der Waals surface area contributed by atoms with Gasteiger partial charge in [-0.15, -0.1) is 10.2 Å². The van der Waals surface area contributed by atoms with E-state index < -0.39 is 0 Å². The highest BCUT2D eigenvalue weighted by molar-refractivity contribution is 7.99. The van der Waals surface area contributed by atoms with E-state index >= 15 is 0 Å². The molecule has 0 aliphatic carbocycles. The number of carbonyl (C=O) groups excluding carboxylic acids is 1. The molecule has 0 bridgehead atoms. The molecule has 0 aliphatic heterocycles. The van der Waals surface area contributed by atoms with Crippen LogP contribution in [0.3, 0.4) is 0 Å². The van der Waals surface area contributed by atoms with Crippen LogP contribution in [0.25, 0.3) is 11.5 Å². The van der Waals surface area contributed by atoms with Crippen molar-refractivity contribution in [3.8, 4) is 11.5 Å². The van der Waals surface area contributed by atoms with Crippen LogP contribution in [0.2, 0.25) is 0 Å². The number of thioether (sulfide) groups is 1. The molecule has 8 heteroatoms. The number of aryl methyl sites for hydroxylation is 2. The summed E-state index contributed by atoms with van der Waals surface area (Å²) in [5.74, 6) is 2.18.